The fourth-order valence-electron chi connectivity index (χ4n) is 5.33. The van der Waals surface area contributed by atoms with Crippen LogP contribution in [0.1, 0.15) is 76.3 Å². The molecule has 1 aromatic heterocycles. The Hall–Kier alpha value is -3.41. The molecular formula is C26H30N4O2. The highest BCUT2D eigenvalue weighted by Crippen LogP contribution is 2.48. The minimum atomic E-state index is -0.635. The lowest BCUT2D eigenvalue weighted by atomic mass is 9.86. The largest absolute Gasteiger partial charge is 0.366 e. The van der Waals surface area contributed by atoms with E-state index in [0.717, 1.165) is 34.6 Å². The SMILES string of the molecule is Cc1nn(C)c(C)c1-c1cccc(C(N)=O)c1C(=O)Nc1cccc2c1[C@@H](C)CC2(C)C. The van der Waals surface area contributed by atoms with Crippen LogP contribution in [0.2, 0.25) is 0 Å². The second-order valence-corrected chi connectivity index (χ2v) is 9.47. The van der Waals surface area contributed by atoms with Crippen LogP contribution in [-0.2, 0) is 12.5 Å². The summed E-state index contributed by atoms with van der Waals surface area (Å²) in [5, 5.41) is 7.59. The monoisotopic (exact) mass is 430 g/mol. The molecular weight excluding hydrogens is 400 g/mol. The Balaban J connectivity index is 1.86. The van der Waals surface area contributed by atoms with E-state index in [1.165, 1.54) is 5.56 Å². The molecule has 0 saturated heterocycles. The lowest BCUT2D eigenvalue weighted by molar-refractivity contribution is 0.0977. The number of aromatic nitrogens is 2. The molecule has 166 valence electrons. The molecule has 0 unspecified atom stereocenters. The van der Waals surface area contributed by atoms with Crippen LogP contribution in [-0.4, -0.2) is 21.6 Å². The van der Waals surface area contributed by atoms with Crippen molar-refractivity contribution in [1.29, 1.82) is 0 Å². The maximum absolute atomic E-state index is 13.7. The fourth-order valence-corrected chi connectivity index (χ4v) is 5.33. The van der Waals surface area contributed by atoms with E-state index in [-0.39, 0.29) is 22.4 Å². The Morgan fingerprint density at radius 1 is 1.16 bits per heavy atom. The number of fused-ring (bicyclic) bond motifs is 1. The summed E-state index contributed by atoms with van der Waals surface area (Å²) in [6.45, 7) is 10.5. The van der Waals surface area contributed by atoms with Gasteiger partial charge in [-0.05, 0) is 60.4 Å². The number of nitrogens with one attached hydrogen (secondary N) is 1. The van der Waals surface area contributed by atoms with Crippen molar-refractivity contribution in [3.8, 4) is 11.1 Å². The second kappa shape index (κ2) is 7.62. The number of primary amides is 1. The highest BCUT2D eigenvalue weighted by molar-refractivity contribution is 6.16. The molecule has 3 aromatic rings. The van der Waals surface area contributed by atoms with Crippen LogP contribution in [0, 0.1) is 13.8 Å². The zero-order valence-electron chi connectivity index (χ0n) is 19.5. The molecule has 1 heterocycles. The smallest absolute Gasteiger partial charge is 0.257 e. The standard InChI is InChI=1S/C26H30N4O2/c1-14-13-26(4,5)19-11-8-12-20(21(14)19)28-25(32)23-17(9-7-10-18(23)24(27)31)22-15(2)29-30(6)16(22)3/h7-12,14H,13H2,1-6H3,(H2,27,31)(H,28,32)/t14-/m0/s1. The van der Waals surface area contributed by atoms with Crippen LogP contribution in [0.4, 0.5) is 5.69 Å². The minimum absolute atomic E-state index is 0.0513. The quantitative estimate of drug-likeness (QED) is 0.621. The zero-order valence-corrected chi connectivity index (χ0v) is 19.5. The first-order valence-corrected chi connectivity index (χ1v) is 10.9. The minimum Gasteiger partial charge on any atom is -0.366 e. The number of aryl methyl sites for hydroxylation is 2. The number of anilines is 1. The maximum atomic E-state index is 13.7. The summed E-state index contributed by atoms with van der Waals surface area (Å²) < 4.78 is 1.77. The molecule has 6 nitrogen and oxygen atoms in total. The maximum Gasteiger partial charge on any atom is 0.257 e. The Morgan fingerprint density at radius 3 is 2.47 bits per heavy atom. The van der Waals surface area contributed by atoms with Gasteiger partial charge in [-0.1, -0.05) is 45.0 Å². The first-order valence-electron chi connectivity index (χ1n) is 10.9. The number of nitrogens with two attached hydrogens (primary N) is 1. The number of benzene rings is 2. The lowest BCUT2D eigenvalue weighted by Crippen LogP contribution is -2.22. The van der Waals surface area contributed by atoms with E-state index in [1.54, 1.807) is 16.8 Å². The Labute approximate surface area is 188 Å². The number of nitrogens with zero attached hydrogens (tertiary/aromatic N) is 2. The van der Waals surface area contributed by atoms with Crippen LogP contribution < -0.4 is 11.1 Å². The van der Waals surface area contributed by atoms with Gasteiger partial charge < -0.3 is 11.1 Å². The highest BCUT2D eigenvalue weighted by atomic mass is 16.2. The highest BCUT2D eigenvalue weighted by Gasteiger charge is 2.36. The lowest BCUT2D eigenvalue weighted by Gasteiger charge is -2.20. The fraction of sp³-hybridized carbons (Fsp3) is 0.346. The van der Waals surface area contributed by atoms with Crippen molar-refractivity contribution < 1.29 is 9.59 Å². The summed E-state index contributed by atoms with van der Waals surface area (Å²) >= 11 is 0. The van der Waals surface area contributed by atoms with Gasteiger partial charge in [0, 0.05) is 24.0 Å². The molecule has 0 aliphatic heterocycles. The summed E-state index contributed by atoms with van der Waals surface area (Å²) in [6, 6.07) is 11.2. The number of amides is 2. The van der Waals surface area contributed by atoms with E-state index in [2.05, 4.69) is 37.3 Å². The van der Waals surface area contributed by atoms with E-state index >= 15 is 0 Å². The van der Waals surface area contributed by atoms with Crippen molar-refractivity contribution in [2.24, 2.45) is 12.8 Å². The molecule has 0 saturated carbocycles. The first kappa shape index (κ1) is 21.8. The average Bonchev–Trinajstić information content (AvgIpc) is 3.11. The number of hydrogen-bond donors (Lipinski definition) is 2. The van der Waals surface area contributed by atoms with Crippen molar-refractivity contribution in [2.75, 3.05) is 5.32 Å². The van der Waals surface area contributed by atoms with Crippen molar-refractivity contribution in [1.82, 2.24) is 9.78 Å². The molecule has 1 aliphatic carbocycles. The molecule has 6 heteroatoms. The molecule has 1 atom stereocenters. The van der Waals surface area contributed by atoms with Gasteiger partial charge >= 0.3 is 0 Å². The van der Waals surface area contributed by atoms with Crippen molar-refractivity contribution in [2.45, 2.75) is 52.4 Å². The van der Waals surface area contributed by atoms with Gasteiger partial charge in [-0.25, -0.2) is 0 Å². The number of hydrogen-bond acceptors (Lipinski definition) is 3. The van der Waals surface area contributed by atoms with Gasteiger partial charge in [-0.15, -0.1) is 0 Å². The Kier molecular flexibility index (Phi) is 5.19. The van der Waals surface area contributed by atoms with E-state index in [0.29, 0.717) is 11.5 Å². The average molecular weight is 431 g/mol. The van der Waals surface area contributed by atoms with Gasteiger partial charge in [0.2, 0.25) is 5.91 Å². The molecule has 32 heavy (non-hydrogen) atoms. The zero-order chi connectivity index (χ0) is 23.4. The van der Waals surface area contributed by atoms with Gasteiger partial charge in [0.15, 0.2) is 0 Å². The third-order valence-electron chi connectivity index (χ3n) is 6.73. The molecule has 1 aliphatic rings. The normalized spacial score (nSPS) is 16.6. The van der Waals surface area contributed by atoms with Crippen molar-refractivity contribution in [3.63, 3.8) is 0 Å². The number of carbonyl (C=O) groups excluding carboxylic acids is 2. The van der Waals surface area contributed by atoms with Gasteiger partial charge in [0.25, 0.3) is 5.91 Å². The Morgan fingerprint density at radius 2 is 1.84 bits per heavy atom. The van der Waals surface area contributed by atoms with Gasteiger partial charge in [-0.2, -0.15) is 5.10 Å². The molecule has 0 bridgehead atoms. The third-order valence-corrected chi connectivity index (χ3v) is 6.73. The molecule has 0 fully saturated rings. The summed E-state index contributed by atoms with van der Waals surface area (Å²) in [7, 11) is 1.86. The van der Waals surface area contributed by atoms with Crippen molar-refractivity contribution in [3.05, 3.63) is 70.0 Å². The summed E-state index contributed by atoms with van der Waals surface area (Å²) in [4.78, 5) is 26.0. The summed E-state index contributed by atoms with van der Waals surface area (Å²) in [5.41, 5.74) is 12.6. The first-order chi connectivity index (χ1) is 15.0. The molecule has 0 radical (unpaired) electrons. The molecule has 4 rings (SSSR count). The topological polar surface area (TPSA) is 90.0 Å². The van der Waals surface area contributed by atoms with Gasteiger partial charge in [0.1, 0.15) is 0 Å². The van der Waals surface area contributed by atoms with Crippen LogP contribution in [0.15, 0.2) is 36.4 Å². The van der Waals surface area contributed by atoms with Gasteiger partial charge in [0.05, 0.1) is 16.8 Å². The van der Waals surface area contributed by atoms with E-state index in [4.69, 9.17) is 5.73 Å². The van der Waals surface area contributed by atoms with Gasteiger partial charge in [-0.3, -0.25) is 14.3 Å². The predicted octanol–water partition coefficient (Wildman–Crippen LogP) is 4.84. The molecule has 3 N–H and O–H groups in total. The van der Waals surface area contributed by atoms with E-state index in [1.807, 2.05) is 39.1 Å². The third kappa shape index (κ3) is 3.40. The summed E-state index contributed by atoms with van der Waals surface area (Å²) in [6.07, 6.45) is 1.02. The van der Waals surface area contributed by atoms with Crippen LogP contribution in [0.3, 0.4) is 0 Å². The Bertz CT molecular complexity index is 1250. The molecule has 0 spiro atoms. The number of carbonyl (C=O) groups is 2. The molecule has 2 aromatic carbocycles. The van der Waals surface area contributed by atoms with E-state index in [9.17, 15) is 9.59 Å². The van der Waals surface area contributed by atoms with Crippen LogP contribution in [0.25, 0.3) is 11.1 Å². The predicted molar refractivity (Wildman–Crippen MR) is 127 cm³/mol. The van der Waals surface area contributed by atoms with Crippen molar-refractivity contribution >= 4 is 17.5 Å². The van der Waals surface area contributed by atoms with Crippen LogP contribution >= 0.6 is 0 Å². The molecule has 2 amide bonds. The van der Waals surface area contributed by atoms with E-state index < -0.39 is 5.91 Å². The summed E-state index contributed by atoms with van der Waals surface area (Å²) in [5.74, 6) is -0.656. The number of rotatable bonds is 4. The second-order valence-electron chi connectivity index (χ2n) is 9.47. The van der Waals surface area contributed by atoms with Crippen LogP contribution in [0.5, 0.6) is 0 Å².